The number of amides is 1. The van der Waals surface area contributed by atoms with Crippen LogP contribution in [-0.2, 0) is 0 Å². The van der Waals surface area contributed by atoms with Crippen LogP contribution in [0.1, 0.15) is 36.0 Å². The van der Waals surface area contributed by atoms with Crippen molar-refractivity contribution >= 4 is 17.5 Å². The van der Waals surface area contributed by atoms with Crippen molar-refractivity contribution in [3.63, 3.8) is 0 Å². The number of ether oxygens (including phenoxy) is 2. The Bertz CT molecular complexity index is 470. The largest absolute Gasteiger partial charge is 0.497 e. The van der Waals surface area contributed by atoms with Gasteiger partial charge in [0.1, 0.15) is 11.5 Å². The molecule has 4 nitrogen and oxygen atoms in total. The minimum absolute atomic E-state index is 0.000231. The van der Waals surface area contributed by atoms with Crippen LogP contribution in [-0.4, -0.2) is 43.5 Å². The first kappa shape index (κ1) is 16.0. The number of benzene rings is 1. The lowest BCUT2D eigenvalue weighted by Gasteiger charge is -2.29. The number of rotatable bonds is 4. The fourth-order valence-corrected chi connectivity index (χ4v) is 3.02. The van der Waals surface area contributed by atoms with Gasteiger partial charge in [-0.1, -0.05) is 12.8 Å². The second-order valence-corrected chi connectivity index (χ2v) is 5.57. The molecule has 1 unspecified atom stereocenters. The van der Waals surface area contributed by atoms with Gasteiger partial charge in [-0.15, -0.1) is 11.6 Å². The van der Waals surface area contributed by atoms with E-state index < -0.39 is 0 Å². The second kappa shape index (κ2) is 7.55. The molecule has 0 saturated carbocycles. The molecule has 0 N–H and O–H groups in total. The van der Waals surface area contributed by atoms with E-state index >= 15 is 0 Å². The zero-order valence-electron chi connectivity index (χ0n) is 12.6. The zero-order chi connectivity index (χ0) is 15.2. The van der Waals surface area contributed by atoms with E-state index in [1.54, 1.807) is 32.4 Å². The number of methoxy groups -OCH3 is 2. The summed E-state index contributed by atoms with van der Waals surface area (Å²) >= 11 is 6.05. The van der Waals surface area contributed by atoms with Crippen molar-refractivity contribution < 1.29 is 14.3 Å². The predicted molar refractivity (Wildman–Crippen MR) is 83.6 cm³/mol. The van der Waals surface area contributed by atoms with Gasteiger partial charge in [0.2, 0.25) is 0 Å². The fourth-order valence-electron chi connectivity index (χ4n) is 2.70. The first-order valence-electron chi connectivity index (χ1n) is 7.29. The molecule has 21 heavy (non-hydrogen) atoms. The van der Waals surface area contributed by atoms with Crippen LogP contribution in [0.15, 0.2) is 18.2 Å². The topological polar surface area (TPSA) is 38.8 Å². The summed E-state index contributed by atoms with van der Waals surface area (Å²) in [6.07, 6.45) is 4.28. The molecule has 1 aromatic carbocycles. The summed E-state index contributed by atoms with van der Waals surface area (Å²) in [6, 6.07) is 5.37. The third-order valence-electron chi connectivity index (χ3n) is 3.91. The highest BCUT2D eigenvalue weighted by Crippen LogP contribution is 2.26. The summed E-state index contributed by atoms with van der Waals surface area (Å²) in [5.74, 6) is 1.72. The van der Waals surface area contributed by atoms with Gasteiger partial charge >= 0.3 is 0 Å². The summed E-state index contributed by atoms with van der Waals surface area (Å²) in [7, 11) is 3.16. The summed E-state index contributed by atoms with van der Waals surface area (Å²) in [6.45, 7) is 0.760. The molecule has 116 valence electrons. The Morgan fingerprint density at radius 2 is 1.86 bits per heavy atom. The van der Waals surface area contributed by atoms with E-state index in [1.165, 1.54) is 0 Å². The Kier molecular flexibility index (Phi) is 5.74. The Hall–Kier alpha value is -1.42. The van der Waals surface area contributed by atoms with E-state index in [4.69, 9.17) is 21.1 Å². The molecule has 1 saturated heterocycles. The number of nitrogens with zero attached hydrogens (tertiary/aromatic N) is 1. The first-order chi connectivity index (χ1) is 10.2. The molecule has 1 aromatic rings. The molecule has 5 heteroatoms. The average molecular weight is 312 g/mol. The van der Waals surface area contributed by atoms with Crippen LogP contribution >= 0.6 is 11.6 Å². The smallest absolute Gasteiger partial charge is 0.254 e. The number of hydrogen-bond donors (Lipinski definition) is 0. The standard InChI is InChI=1S/C16H22ClNO3/c1-20-14-8-12(9-15(10-14)21-2)16(19)18-7-5-3-4-6-13(18)11-17/h8-10,13H,3-7,11H2,1-2H3. The van der Waals surface area contributed by atoms with Crippen molar-refractivity contribution in [2.45, 2.75) is 31.7 Å². The molecule has 0 bridgehead atoms. The Labute approximate surface area is 131 Å². The van der Waals surface area contributed by atoms with Gasteiger partial charge in [-0.2, -0.15) is 0 Å². The van der Waals surface area contributed by atoms with Gasteiger partial charge in [-0.25, -0.2) is 0 Å². The van der Waals surface area contributed by atoms with Crippen molar-refractivity contribution in [3.8, 4) is 11.5 Å². The van der Waals surface area contributed by atoms with Crippen molar-refractivity contribution in [2.24, 2.45) is 0 Å². The van der Waals surface area contributed by atoms with Gasteiger partial charge in [0.15, 0.2) is 0 Å². The Morgan fingerprint density at radius 3 is 2.43 bits per heavy atom. The quantitative estimate of drug-likeness (QED) is 0.801. The zero-order valence-corrected chi connectivity index (χ0v) is 13.4. The van der Waals surface area contributed by atoms with Crippen molar-refractivity contribution in [2.75, 3.05) is 26.6 Å². The molecule has 2 rings (SSSR count). The molecule has 1 heterocycles. The molecule has 0 aliphatic carbocycles. The lowest BCUT2D eigenvalue weighted by Crippen LogP contribution is -2.41. The molecule has 1 atom stereocenters. The fraction of sp³-hybridized carbons (Fsp3) is 0.562. The molecular weight excluding hydrogens is 290 g/mol. The van der Waals surface area contributed by atoms with Crippen molar-refractivity contribution in [1.82, 2.24) is 4.90 Å². The highest BCUT2D eigenvalue weighted by Gasteiger charge is 2.26. The molecule has 1 amide bonds. The number of halogens is 1. The third-order valence-corrected chi connectivity index (χ3v) is 4.27. The number of likely N-dealkylation sites (tertiary alicyclic amines) is 1. The van der Waals surface area contributed by atoms with Crippen LogP contribution in [0, 0.1) is 0 Å². The molecule has 1 aliphatic rings. The minimum Gasteiger partial charge on any atom is -0.497 e. The van der Waals surface area contributed by atoms with Gasteiger partial charge in [0, 0.05) is 30.1 Å². The van der Waals surface area contributed by atoms with Gasteiger partial charge in [0.05, 0.1) is 14.2 Å². The van der Waals surface area contributed by atoms with E-state index in [0.717, 1.165) is 32.2 Å². The SMILES string of the molecule is COc1cc(OC)cc(C(=O)N2CCCCCC2CCl)c1. The minimum atomic E-state index is -0.000231. The monoisotopic (exact) mass is 311 g/mol. The highest BCUT2D eigenvalue weighted by molar-refractivity contribution is 6.18. The van der Waals surface area contributed by atoms with Gasteiger partial charge in [0.25, 0.3) is 5.91 Å². The van der Waals surface area contributed by atoms with Crippen LogP contribution in [0.3, 0.4) is 0 Å². The van der Waals surface area contributed by atoms with Crippen LogP contribution in [0.4, 0.5) is 0 Å². The third kappa shape index (κ3) is 3.82. The Morgan fingerprint density at radius 1 is 1.19 bits per heavy atom. The summed E-state index contributed by atoms with van der Waals surface area (Å²) in [5.41, 5.74) is 0.586. The maximum absolute atomic E-state index is 12.8. The Balaban J connectivity index is 2.28. The molecule has 1 fully saturated rings. The normalized spacial score (nSPS) is 19.0. The highest BCUT2D eigenvalue weighted by atomic mass is 35.5. The maximum Gasteiger partial charge on any atom is 0.254 e. The lowest BCUT2D eigenvalue weighted by atomic mass is 10.1. The summed E-state index contributed by atoms with van der Waals surface area (Å²) < 4.78 is 10.5. The van der Waals surface area contributed by atoms with Gasteiger partial charge in [-0.05, 0) is 25.0 Å². The average Bonchev–Trinajstić information content (AvgIpc) is 2.78. The van der Waals surface area contributed by atoms with Gasteiger partial charge < -0.3 is 14.4 Å². The van der Waals surface area contributed by atoms with Crippen molar-refractivity contribution in [3.05, 3.63) is 23.8 Å². The van der Waals surface area contributed by atoms with Crippen LogP contribution in [0.25, 0.3) is 0 Å². The summed E-state index contributed by atoms with van der Waals surface area (Å²) in [5, 5.41) is 0. The van der Waals surface area contributed by atoms with E-state index in [9.17, 15) is 4.79 Å². The predicted octanol–water partition coefficient (Wildman–Crippen LogP) is 3.33. The van der Waals surface area contributed by atoms with Crippen LogP contribution in [0.5, 0.6) is 11.5 Å². The molecule has 0 spiro atoms. The van der Waals surface area contributed by atoms with E-state index in [0.29, 0.717) is 22.9 Å². The van der Waals surface area contributed by atoms with E-state index in [-0.39, 0.29) is 11.9 Å². The maximum atomic E-state index is 12.8. The number of carbonyl (C=O) groups is 1. The first-order valence-corrected chi connectivity index (χ1v) is 7.83. The van der Waals surface area contributed by atoms with Gasteiger partial charge in [-0.3, -0.25) is 4.79 Å². The number of carbonyl (C=O) groups excluding carboxylic acids is 1. The molecule has 0 aromatic heterocycles. The lowest BCUT2D eigenvalue weighted by molar-refractivity contribution is 0.0699. The summed E-state index contributed by atoms with van der Waals surface area (Å²) in [4.78, 5) is 14.7. The molecular formula is C16H22ClNO3. The number of hydrogen-bond acceptors (Lipinski definition) is 3. The number of alkyl halides is 1. The van der Waals surface area contributed by atoms with E-state index in [1.807, 2.05) is 4.90 Å². The van der Waals surface area contributed by atoms with E-state index in [2.05, 4.69) is 0 Å². The van der Waals surface area contributed by atoms with Crippen molar-refractivity contribution in [1.29, 1.82) is 0 Å². The van der Waals surface area contributed by atoms with Crippen LogP contribution in [0.2, 0.25) is 0 Å². The molecule has 1 aliphatic heterocycles. The molecule has 0 radical (unpaired) electrons. The second-order valence-electron chi connectivity index (χ2n) is 5.26. The van der Waals surface area contributed by atoms with Crippen LogP contribution < -0.4 is 9.47 Å².